The SMILES string of the molecule is COC(=O)Cc1csc(N2CC(O)CC2=O)n1. The number of aliphatic hydroxyl groups is 1. The lowest BCUT2D eigenvalue weighted by molar-refractivity contribution is -0.139. The summed E-state index contributed by atoms with van der Waals surface area (Å²) in [6, 6.07) is 0. The molecule has 1 amide bonds. The molecule has 1 atom stereocenters. The quantitative estimate of drug-likeness (QED) is 0.767. The van der Waals surface area contributed by atoms with Gasteiger partial charge in [0.1, 0.15) is 0 Å². The summed E-state index contributed by atoms with van der Waals surface area (Å²) in [5.74, 6) is -0.508. The summed E-state index contributed by atoms with van der Waals surface area (Å²) in [6.45, 7) is 0.268. The number of aromatic nitrogens is 1. The summed E-state index contributed by atoms with van der Waals surface area (Å²) >= 11 is 1.28. The van der Waals surface area contributed by atoms with E-state index < -0.39 is 6.10 Å². The van der Waals surface area contributed by atoms with Gasteiger partial charge >= 0.3 is 5.97 Å². The molecule has 1 aromatic rings. The molecule has 92 valence electrons. The molecule has 0 spiro atoms. The van der Waals surface area contributed by atoms with Gasteiger partial charge in [0.05, 0.1) is 38.3 Å². The second-order valence-corrected chi connectivity index (χ2v) is 4.57. The largest absolute Gasteiger partial charge is 0.469 e. The van der Waals surface area contributed by atoms with Crippen molar-refractivity contribution in [3.05, 3.63) is 11.1 Å². The fourth-order valence-corrected chi connectivity index (χ4v) is 2.45. The Kier molecular flexibility index (Phi) is 3.39. The van der Waals surface area contributed by atoms with Crippen LogP contribution in [0.4, 0.5) is 5.13 Å². The van der Waals surface area contributed by atoms with Gasteiger partial charge in [0, 0.05) is 5.38 Å². The van der Waals surface area contributed by atoms with Crippen molar-refractivity contribution in [3.8, 4) is 0 Å². The Hall–Kier alpha value is -1.47. The first-order chi connectivity index (χ1) is 8.10. The first kappa shape index (κ1) is 12.0. The second-order valence-electron chi connectivity index (χ2n) is 3.74. The van der Waals surface area contributed by atoms with Crippen LogP contribution in [0, 0.1) is 0 Å². The van der Waals surface area contributed by atoms with Crippen LogP contribution < -0.4 is 4.90 Å². The minimum Gasteiger partial charge on any atom is -0.469 e. The van der Waals surface area contributed by atoms with Gasteiger partial charge < -0.3 is 9.84 Å². The summed E-state index contributed by atoms with van der Waals surface area (Å²) in [7, 11) is 1.32. The number of thiazole rings is 1. The number of methoxy groups -OCH3 is 1. The smallest absolute Gasteiger partial charge is 0.311 e. The highest BCUT2D eigenvalue weighted by molar-refractivity contribution is 7.14. The molecule has 7 heteroatoms. The maximum absolute atomic E-state index is 11.5. The summed E-state index contributed by atoms with van der Waals surface area (Å²) in [5, 5.41) is 11.6. The van der Waals surface area contributed by atoms with E-state index in [1.165, 1.54) is 23.3 Å². The Bertz CT molecular complexity index is 445. The van der Waals surface area contributed by atoms with Crippen molar-refractivity contribution >= 4 is 28.3 Å². The van der Waals surface area contributed by atoms with Crippen molar-refractivity contribution in [2.75, 3.05) is 18.6 Å². The zero-order valence-corrected chi connectivity index (χ0v) is 10.1. The first-order valence-corrected chi connectivity index (χ1v) is 5.97. The third kappa shape index (κ3) is 2.62. The molecule has 17 heavy (non-hydrogen) atoms. The van der Waals surface area contributed by atoms with E-state index in [4.69, 9.17) is 0 Å². The van der Waals surface area contributed by atoms with Crippen LogP contribution in [-0.4, -0.2) is 41.7 Å². The highest BCUT2D eigenvalue weighted by Crippen LogP contribution is 2.25. The number of anilines is 1. The number of rotatable bonds is 3. The van der Waals surface area contributed by atoms with E-state index in [1.807, 2.05) is 0 Å². The van der Waals surface area contributed by atoms with E-state index in [1.54, 1.807) is 5.38 Å². The molecule has 6 nitrogen and oxygen atoms in total. The minimum atomic E-state index is -0.629. The molecule has 1 aliphatic heterocycles. The van der Waals surface area contributed by atoms with Crippen molar-refractivity contribution in [2.45, 2.75) is 18.9 Å². The molecule has 1 fully saturated rings. The number of esters is 1. The third-order valence-corrected chi connectivity index (χ3v) is 3.34. The number of aliphatic hydroxyl groups excluding tert-OH is 1. The van der Waals surface area contributed by atoms with E-state index >= 15 is 0 Å². The summed E-state index contributed by atoms with van der Waals surface area (Å²) < 4.78 is 4.53. The fraction of sp³-hybridized carbons (Fsp3) is 0.500. The Labute approximate surface area is 102 Å². The van der Waals surface area contributed by atoms with Crippen LogP contribution >= 0.6 is 11.3 Å². The van der Waals surface area contributed by atoms with Crippen LogP contribution in [0.5, 0.6) is 0 Å². The van der Waals surface area contributed by atoms with Crippen LogP contribution in [0.15, 0.2) is 5.38 Å². The van der Waals surface area contributed by atoms with Gasteiger partial charge in [-0.05, 0) is 0 Å². The van der Waals surface area contributed by atoms with Gasteiger partial charge in [0.2, 0.25) is 5.91 Å². The molecule has 1 aliphatic rings. The van der Waals surface area contributed by atoms with Gasteiger partial charge in [-0.2, -0.15) is 0 Å². The van der Waals surface area contributed by atoms with Crippen LogP contribution in [0.3, 0.4) is 0 Å². The minimum absolute atomic E-state index is 0.0948. The van der Waals surface area contributed by atoms with E-state index in [9.17, 15) is 14.7 Å². The number of amides is 1. The molecule has 2 heterocycles. The lowest BCUT2D eigenvalue weighted by Crippen LogP contribution is -2.25. The Morgan fingerprint density at radius 1 is 1.76 bits per heavy atom. The fourth-order valence-electron chi connectivity index (χ4n) is 1.60. The van der Waals surface area contributed by atoms with Gasteiger partial charge in [-0.3, -0.25) is 14.5 Å². The van der Waals surface area contributed by atoms with Crippen LogP contribution in [0.1, 0.15) is 12.1 Å². The average Bonchev–Trinajstić information content (AvgIpc) is 2.85. The molecule has 0 aromatic carbocycles. The highest BCUT2D eigenvalue weighted by Gasteiger charge is 2.30. The predicted molar refractivity (Wildman–Crippen MR) is 60.8 cm³/mol. The number of nitrogens with zero attached hydrogens (tertiary/aromatic N) is 2. The molecule has 1 aromatic heterocycles. The molecule has 0 saturated carbocycles. The number of hydrogen-bond donors (Lipinski definition) is 1. The molecule has 0 radical (unpaired) electrons. The van der Waals surface area contributed by atoms with Crippen molar-refractivity contribution in [1.82, 2.24) is 4.98 Å². The molecule has 2 rings (SSSR count). The maximum Gasteiger partial charge on any atom is 0.311 e. The molecule has 1 saturated heterocycles. The molecule has 1 N–H and O–H groups in total. The summed E-state index contributed by atoms with van der Waals surface area (Å²) in [6.07, 6.45) is -0.404. The average molecular weight is 256 g/mol. The number of ether oxygens (including phenoxy) is 1. The third-order valence-electron chi connectivity index (χ3n) is 2.43. The van der Waals surface area contributed by atoms with Crippen molar-refractivity contribution < 1.29 is 19.4 Å². The zero-order valence-electron chi connectivity index (χ0n) is 9.25. The molecule has 1 unspecified atom stereocenters. The van der Waals surface area contributed by atoms with Crippen LogP contribution in [-0.2, 0) is 20.7 Å². The van der Waals surface area contributed by atoms with Gasteiger partial charge in [-0.1, -0.05) is 0 Å². The Morgan fingerprint density at radius 2 is 2.53 bits per heavy atom. The van der Waals surface area contributed by atoms with Crippen molar-refractivity contribution in [3.63, 3.8) is 0 Å². The van der Waals surface area contributed by atoms with Gasteiger partial charge in [-0.15, -0.1) is 11.3 Å². The molecule has 0 bridgehead atoms. The topological polar surface area (TPSA) is 79.7 Å². The number of hydrogen-bond acceptors (Lipinski definition) is 6. The number of carbonyl (C=O) groups is 2. The summed E-state index contributed by atoms with van der Waals surface area (Å²) in [4.78, 5) is 28.2. The monoisotopic (exact) mass is 256 g/mol. The van der Waals surface area contributed by atoms with Crippen molar-refractivity contribution in [2.24, 2.45) is 0 Å². The van der Waals surface area contributed by atoms with Gasteiger partial charge in [0.15, 0.2) is 5.13 Å². The van der Waals surface area contributed by atoms with E-state index in [0.29, 0.717) is 10.8 Å². The molecular formula is C10H12N2O4S. The van der Waals surface area contributed by atoms with Gasteiger partial charge in [-0.25, -0.2) is 4.98 Å². The van der Waals surface area contributed by atoms with E-state index in [2.05, 4.69) is 9.72 Å². The Balaban J connectivity index is 2.08. The Morgan fingerprint density at radius 3 is 3.12 bits per heavy atom. The number of carbonyl (C=O) groups excluding carboxylic acids is 2. The summed E-state index contributed by atoms with van der Waals surface area (Å²) in [5.41, 5.74) is 0.575. The van der Waals surface area contributed by atoms with Crippen molar-refractivity contribution in [1.29, 1.82) is 0 Å². The lowest BCUT2D eigenvalue weighted by atomic mass is 10.3. The standard InChI is InChI=1S/C10H12N2O4S/c1-16-9(15)2-6-5-17-10(11-6)12-4-7(13)3-8(12)14/h5,7,13H,2-4H2,1H3. The molecular weight excluding hydrogens is 244 g/mol. The van der Waals surface area contributed by atoms with Crippen LogP contribution in [0.2, 0.25) is 0 Å². The molecule has 0 aliphatic carbocycles. The first-order valence-electron chi connectivity index (χ1n) is 5.10. The van der Waals surface area contributed by atoms with Gasteiger partial charge in [0.25, 0.3) is 0 Å². The highest BCUT2D eigenvalue weighted by atomic mass is 32.1. The lowest BCUT2D eigenvalue weighted by Gasteiger charge is -2.10. The zero-order chi connectivity index (χ0) is 12.4. The van der Waals surface area contributed by atoms with Crippen LogP contribution in [0.25, 0.3) is 0 Å². The normalized spacial score (nSPS) is 19.8. The number of β-amino-alcohol motifs (C(OH)–C–C–N with tert-alkyl or cyclic N) is 1. The maximum atomic E-state index is 11.5. The predicted octanol–water partition coefficient (Wildman–Crippen LogP) is -0.0438. The van der Waals surface area contributed by atoms with E-state index in [-0.39, 0.29) is 31.3 Å². The second kappa shape index (κ2) is 4.80. The van der Waals surface area contributed by atoms with E-state index in [0.717, 1.165) is 0 Å².